The molecule has 2 heterocycles. The van der Waals surface area contributed by atoms with Gasteiger partial charge in [-0.05, 0) is 127 Å². The molecule has 258 valence electrons. The van der Waals surface area contributed by atoms with Gasteiger partial charge in [-0.15, -0.1) is 0 Å². The number of hydrogen-bond donors (Lipinski definition) is 0. The Bertz CT molecular complexity index is 2540. The summed E-state index contributed by atoms with van der Waals surface area (Å²) in [5, 5.41) is 2.49. The van der Waals surface area contributed by atoms with E-state index >= 15 is 0 Å². The summed E-state index contributed by atoms with van der Waals surface area (Å²) in [6, 6.07) is 61.4. The predicted molar refractivity (Wildman–Crippen MR) is 225 cm³/mol. The Morgan fingerprint density at radius 3 is 1.70 bits per heavy atom. The van der Waals surface area contributed by atoms with E-state index in [-0.39, 0.29) is 5.41 Å². The van der Waals surface area contributed by atoms with Crippen molar-refractivity contribution < 1.29 is 0 Å². The van der Waals surface area contributed by atoms with E-state index in [1.807, 2.05) is 6.21 Å². The van der Waals surface area contributed by atoms with Gasteiger partial charge in [0, 0.05) is 56.7 Å². The number of nitrogens with zero attached hydrogens (tertiary/aromatic N) is 4. The van der Waals surface area contributed by atoms with Crippen LogP contribution in [0.15, 0.2) is 175 Å². The van der Waals surface area contributed by atoms with Crippen LogP contribution in [0.1, 0.15) is 38.3 Å². The largest absolute Gasteiger partial charge is 0.311 e. The molecule has 1 aliphatic heterocycles. The molecule has 0 saturated heterocycles. The number of benzene rings is 7. The van der Waals surface area contributed by atoms with Gasteiger partial charge in [0.15, 0.2) is 0 Å². The van der Waals surface area contributed by atoms with Crippen molar-refractivity contribution in [3.63, 3.8) is 0 Å². The Kier molecular flexibility index (Phi) is 8.16. The molecule has 0 unspecified atom stereocenters. The molecule has 0 amide bonds. The van der Waals surface area contributed by atoms with Crippen LogP contribution >= 0.6 is 0 Å². The van der Waals surface area contributed by atoms with E-state index in [2.05, 4.69) is 205 Å². The fourth-order valence-electron chi connectivity index (χ4n) is 7.77. The summed E-state index contributed by atoms with van der Waals surface area (Å²) in [6.07, 6.45) is 3.92. The first-order chi connectivity index (χ1) is 25.9. The third kappa shape index (κ3) is 5.96. The van der Waals surface area contributed by atoms with Crippen LogP contribution < -0.4 is 9.80 Å². The van der Waals surface area contributed by atoms with Crippen molar-refractivity contribution in [3.05, 3.63) is 181 Å². The van der Waals surface area contributed by atoms with Gasteiger partial charge in [0.05, 0.1) is 22.4 Å². The SMILES string of the molecule is CC(C)(C)c1ccc2c(c1)c1cc(N(c3ccc(N(c4ccccc4)c4ccccc4)cc3)c3cccc4c3CCC=N4)ccc1n2-c1ccccc1. The normalized spacial score (nSPS) is 12.6. The first-order valence-electron chi connectivity index (χ1n) is 18.5. The van der Waals surface area contributed by atoms with Crippen molar-refractivity contribution in [2.45, 2.75) is 39.0 Å². The maximum atomic E-state index is 4.83. The van der Waals surface area contributed by atoms with Gasteiger partial charge in [-0.3, -0.25) is 4.99 Å². The van der Waals surface area contributed by atoms with Crippen molar-refractivity contribution >= 4 is 67.8 Å². The molecular formula is C49H42N4. The lowest BCUT2D eigenvalue weighted by Gasteiger charge is -2.30. The summed E-state index contributed by atoms with van der Waals surface area (Å²) in [4.78, 5) is 9.56. The average molecular weight is 687 g/mol. The molecule has 0 bridgehead atoms. The molecule has 4 nitrogen and oxygen atoms in total. The van der Waals surface area contributed by atoms with Crippen molar-refractivity contribution in [1.82, 2.24) is 4.57 Å². The average Bonchev–Trinajstić information content (AvgIpc) is 3.53. The van der Waals surface area contributed by atoms with Crippen LogP contribution in [-0.4, -0.2) is 10.8 Å². The van der Waals surface area contributed by atoms with Crippen LogP contribution in [0.5, 0.6) is 0 Å². The molecular weight excluding hydrogens is 645 g/mol. The Morgan fingerprint density at radius 1 is 0.509 bits per heavy atom. The van der Waals surface area contributed by atoms with Crippen LogP contribution in [0, 0.1) is 0 Å². The molecule has 4 heteroatoms. The number of aliphatic imine (C=N–C) groups is 1. The maximum absolute atomic E-state index is 4.83. The lowest BCUT2D eigenvalue weighted by Crippen LogP contribution is -2.14. The fourth-order valence-corrected chi connectivity index (χ4v) is 7.77. The molecule has 0 saturated carbocycles. The monoisotopic (exact) mass is 686 g/mol. The standard InChI is InChI=1S/C49H42N4/c1-49(2,3)35-24-30-47-43(33-35)44-34-41(29-31-48(44)53(47)38-19-11-6-12-20-38)52(46-23-13-22-45-42(46)21-14-32-50-45)40-27-25-39(26-28-40)51(36-15-7-4-8-16-36)37-17-9-5-10-18-37/h4-13,15-20,22-34H,14,21H2,1-3H3. The molecule has 1 aliphatic rings. The minimum absolute atomic E-state index is 0.0255. The number of rotatable bonds is 7. The minimum Gasteiger partial charge on any atom is -0.311 e. The maximum Gasteiger partial charge on any atom is 0.0678 e. The quantitative estimate of drug-likeness (QED) is 0.167. The molecule has 0 aliphatic carbocycles. The second-order valence-corrected chi connectivity index (χ2v) is 14.8. The van der Waals surface area contributed by atoms with E-state index < -0.39 is 0 Å². The summed E-state index contributed by atoms with van der Waals surface area (Å²) in [7, 11) is 0. The van der Waals surface area contributed by atoms with E-state index in [9.17, 15) is 0 Å². The second kappa shape index (κ2) is 13.3. The molecule has 7 aromatic carbocycles. The number of aromatic nitrogens is 1. The van der Waals surface area contributed by atoms with Gasteiger partial charge in [0.1, 0.15) is 0 Å². The summed E-state index contributed by atoms with van der Waals surface area (Å²) >= 11 is 0. The summed E-state index contributed by atoms with van der Waals surface area (Å²) in [5.41, 5.74) is 13.9. The van der Waals surface area contributed by atoms with Crippen LogP contribution in [0.25, 0.3) is 27.5 Å². The van der Waals surface area contributed by atoms with Gasteiger partial charge in [0.25, 0.3) is 0 Å². The lowest BCUT2D eigenvalue weighted by atomic mass is 9.86. The van der Waals surface area contributed by atoms with Crippen molar-refractivity contribution in [2.24, 2.45) is 4.99 Å². The van der Waals surface area contributed by atoms with E-state index in [0.717, 1.165) is 58.3 Å². The molecule has 0 N–H and O–H groups in total. The van der Waals surface area contributed by atoms with Gasteiger partial charge in [-0.25, -0.2) is 0 Å². The van der Waals surface area contributed by atoms with Crippen LogP contribution in [0.4, 0.5) is 39.8 Å². The molecule has 53 heavy (non-hydrogen) atoms. The second-order valence-electron chi connectivity index (χ2n) is 14.8. The number of para-hydroxylation sites is 3. The van der Waals surface area contributed by atoms with Gasteiger partial charge in [-0.2, -0.15) is 0 Å². The van der Waals surface area contributed by atoms with E-state index in [1.54, 1.807) is 0 Å². The zero-order valence-corrected chi connectivity index (χ0v) is 30.4. The minimum atomic E-state index is 0.0255. The first kappa shape index (κ1) is 32.5. The van der Waals surface area contributed by atoms with Crippen LogP contribution in [0.2, 0.25) is 0 Å². The number of fused-ring (bicyclic) bond motifs is 4. The Labute approximate surface area is 311 Å². The van der Waals surface area contributed by atoms with E-state index in [4.69, 9.17) is 4.99 Å². The lowest BCUT2D eigenvalue weighted by molar-refractivity contribution is 0.591. The Hall–Kier alpha value is -6.39. The summed E-state index contributed by atoms with van der Waals surface area (Å²) in [6.45, 7) is 6.87. The molecule has 1 aromatic heterocycles. The van der Waals surface area contributed by atoms with Crippen LogP contribution in [-0.2, 0) is 11.8 Å². The molecule has 8 aromatic rings. The zero-order valence-electron chi connectivity index (χ0n) is 30.4. The zero-order chi connectivity index (χ0) is 35.9. The highest BCUT2D eigenvalue weighted by Crippen LogP contribution is 2.45. The van der Waals surface area contributed by atoms with Crippen molar-refractivity contribution in [2.75, 3.05) is 9.80 Å². The van der Waals surface area contributed by atoms with E-state index in [1.165, 1.54) is 32.9 Å². The summed E-state index contributed by atoms with van der Waals surface area (Å²) in [5.74, 6) is 0. The highest BCUT2D eigenvalue weighted by Gasteiger charge is 2.23. The van der Waals surface area contributed by atoms with Crippen LogP contribution in [0.3, 0.4) is 0 Å². The van der Waals surface area contributed by atoms with Crippen molar-refractivity contribution in [1.29, 1.82) is 0 Å². The van der Waals surface area contributed by atoms with Gasteiger partial charge >= 0.3 is 0 Å². The van der Waals surface area contributed by atoms with E-state index in [0.29, 0.717) is 0 Å². The summed E-state index contributed by atoms with van der Waals surface area (Å²) < 4.78 is 2.40. The molecule has 0 atom stereocenters. The van der Waals surface area contributed by atoms with Gasteiger partial charge in [-0.1, -0.05) is 87.5 Å². The highest BCUT2D eigenvalue weighted by atomic mass is 15.2. The molecule has 0 radical (unpaired) electrons. The third-order valence-electron chi connectivity index (χ3n) is 10.4. The smallest absolute Gasteiger partial charge is 0.0678 e. The highest BCUT2D eigenvalue weighted by molar-refractivity contribution is 6.11. The molecule has 0 fully saturated rings. The molecule has 9 rings (SSSR count). The number of hydrogen-bond acceptors (Lipinski definition) is 3. The topological polar surface area (TPSA) is 23.8 Å². The van der Waals surface area contributed by atoms with Gasteiger partial charge < -0.3 is 14.4 Å². The van der Waals surface area contributed by atoms with Crippen molar-refractivity contribution in [3.8, 4) is 5.69 Å². The Morgan fingerprint density at radius 2 is 1.06 bits per heavy atom. The fraction of sp³-hybridized carbons (Fsp3) is 0.122. The first-order valence-corrected chi connectivity index (χ1v) is 18.5. The van der Waals surface area contributed by atoms with Gasteiger partial charge in [0.2, 0.25) is 0 Å². The third-order valence-corrected chi connectivity index (χ3v) is 10.4. The number of anilines is 6. The predicted octanol–water partition coefficient (Wildman–Crippen LogP) is 13.7. The Balaban J connectivity index is 1.25. The molecule has 0 spiro atoms.